The molecule has 1 aliphatic heterocycles. The highest BCUT2D eigenvalue weighted by Crippen LogP contribution is 2.36. The molecule has 1 saturated heterocycles. The first-order chi connectivity index (χ1) is 13.1. The average molecular weight is 399 g/mol. The second kappa shape index (κ2) is 7.66. The molecule has 0 radical (unpaired) electrons. The third-order valence-corrected chi connectivity index (χ3v) is 6.53. The quantitative estimate of drug-likeness (QED) is 0.453. The molecular formula is C19H17N3O3S2. The van der Waals surface area contributed by atoms with Crippen molar-refractivity contribution in [1.82, 2.24) is 5.32 Å². The summed E-state index contributed by atoms with van der Waals surface area (Å²) >= 11 is 2.79. The van der Waals surface area contributed by atoms with Crippen molar-refractivity contribution < 1.29 is 9.72 Å². The summed E-state index contributed by atoms with van der Waals surface area (Å²) in [6.07, 6.45) is 6.39. The van der Waals surface area contributed by atoms with Gasteiger partial charge in [0, 0.05) is 15.8 Å². The molecule has 4 rings (SSSR count). The van der Waals surface area contributed by atoms with Gasteiger partial charge < -0.3 is 5.32 Å². The molecule has 0 unspecified atom stereocenters. The predicted molar refractivity (Wildman–Crippen MR) is 110 cm³/mol. The zero-order valence-electron chi connectivity index (χ0n) is 14.4. The number of rotatable bonds is 4. The number of hydrogen-bond acceptors (Lipinski definition) is 6. The predicted octanol–water partition coefficient (Wildman–Crippen LogP) is 4.83. The molecule has 0 spiro atoms. The minimum atomic E-state index is -0.376. The van der Waals surface area contributed by atoms with Gasteiger partial charge in [0.15, 0.2) is 5.17 Å². The van der Waals surface area contributed by atoms with Crippen LogP contribution in [0, 0.1) is 10.1 Å². The number of nitro groups is 1. The smallest absolute Gasteiger partial charge is 0.278 e. The maximum absolute atomic E-state index is 12.2. The van der Waals surface area contributed by atoms with E-state index in [0.717, 1.165) is 22.6 Å². The van der Waals surface area contributed by atoms with Crippen molar-refractivity contribution in [1.29, 1.82) is 0 Å². The number of nitrogens with one attached hydrogen (secondary N) is 1. The molecule has 0 bridgehead atoms. The van der Waals surface area contributed by atoms with Crippen LogP contribution in [0.3, 0.4) is 0 Å². The van der Waals surface area contributed by atoms with E-state index in [1.54, 1.807) is 18.2 Å². The number of amidine groups is 1. The molecule has 1 N–H and O–H groups in total. The Labute approximate surface area is 164 Å². The summed E-state index contributed by atoms with van der Waals surface area (Å²) < 4.78 is 0. The Morgan fingerprint density at radius 3 is 2.74 bits per heavy atom. The zero-order valence-corrected chi connectivity index (χ0v) is 16.0. The number of benzene rings is 1. The Bertz CT molecular complexity index is 959. The lowest BCUT2D eigenvalue weighted by atomic mass is 10.1. The van der Waals surface area contributed by atoms with E-state index in [1.165, 1.54) is 42.0 Å². The van der Waals surface area contributed by atoms with E-state index < -0.39 is 0 Å². The molecule has 8 heteroatoms. The maximum atomic E-state index is 12.2. The van der Waals surface area contributed by atoms with E-state index in [2.05, 4.69) is 10.3 Å². The fourth-order valence-electron chi connectivity index (χ4n) is 3.23. The van der Waals surface area contributed by atoms with Crippen LogP contribution in [-0.2, 0) is 4.79 Å². The standard InChI is InChI=1S/C19H17N3O3S2/c23-18-17(27-19(21-18)20-12-5-1-2-6-12)11-13-9-10-16(26-13)14-7-3-4-8-15(14)22(24)25/h3-4,7-12H,1-2,5-6H2,(H,20,21,23)/b17-11-. The molecule has 1 saturated carbocycles. The largest absolute Gasteiger partial charge is 0.301 e. The molecule has 1 amide bonds. The molecule has 2 heterocycles. The first-order valence-corrected chi connectivity index (χ1v) is 10.4. The number of thioether (sulfide) groups is 1. The van der Waals surface area contributed by atoms with Crippen molar-refractivity contribution in [3.8, 4) is 10.4 Å². The Morgan fingerprint density at radius 1 is 1.19 bits per heavy atom. The van der Waals surface area contributed by atoms with Crippen LogP contribution in [0.2, 0.25) is 0 Å². The summed E-state index contributed by atoms with van der Waals surface area (Å²) in [5.41, 5.74) is 0.668. The van der Waals surface area contributed by atoms with Gasteiger partial charge in [-0.15, -0.1) is 11.3 Å². The van der Waals surface area contributed by atoms with Crippen LogP contribution >= 0.6 is 23.1 Å². The molecule has 1 aromatic heterocycles. The molecule has 1 aliphatic carbocycles. The molecule has 138 valence electrons. The van der Waals surface area contributed by atoms with E-state index in [-0.39, 0.29) is 16.5 Å². The van der Waals surface area contributed by atoms with Crippen molar-refractivity contribution in [2.24, 2.45) is 4.99 Å². The van der Waals surface area contributed by atoms with Gasteiger partial charge in [-0.1, -0.05) is 25.0 Å². The third kappa shape index (κ3) is 3.96. The van der Waals surface area contributed by atoms with E-state index in [1.807, 2.05) is 18.2 Å². The lowest BCUT2D eigenvalue weighted by Crippen LogP contribution is -2.21. The molecule has 27 heavy (non-hydrogen) atoms. The monoisotopic (exact) mass is 399 g/mol. The lowest BCUT2D eigenvalue weighted by Gasteiger charge is -2.02. The molecule has 2 fully saturated rings. The fourth-order valence-corrected chi connectivity index (χ4v) is 5.18. The van der Waals surface area contributed by atoms with Crippen LogP contribution in [0.25, 0.3) is 16.5 Å². The van der Waals surface area contributed by atoms with Crippen LogP contribution in [0.15, 0.2) is 46.3 Å². The number of carbonyl (C=O) groups is 1. The number of carbonyl (C=O) groups excluding carboxylic acids is 1. The van der Waals surface area contributed by atoms with Crippen molar-refractivity contribution >= 4 is 45.9 Å². The number of amides is 1. The Morgan fingerprint density at radius 2 is 1.96 bits per heavy atom. The Kier molecular flexibility index (Phi) is 5.09. The summed E-state index contributed by atoms with van der Waals surface area (Å²) in [5.74, 6) is -0.141. The summed E-state index contributed by atoms with van der Waals surface area (Å²) in [7, 11) is 0. The summed E-state index contributed by atoms with van der Waals surface area (Å²) in [6, 6.07) is 10.7. The van der Waals surface area contributed by atoms with E-state index in [9.17, 15) is 14.9 Å². The summed E-state index contributed by atoms with van der Waals surface area (Å²) in [4.78, 5) is 30.0. The van der Waals surface area contributed by atoms with E-state index >= 15 is 0 Å². The van der Waals surface area contributed by atoms with Gasteiger partial charge in [-0.25, -0.2) is 0 Å². The van der Waals surface area contributed by atoms with Gasteiger partial charge in [0.05, 0.1) is 21.4 Å². The van der Waals surface area contributed by atoms with Gasteiger partial charge in [-0.2, -0.15) is 0 Å². The minimum Gasteiger partial charge on any atom is -0.301 e. The second-order valence-electron chi connectivity index (χ2n) is 6.41. The topological polar surface area (TPSA) is 84.6 Å². The van der Waals surface area contributed by atoms with Gasteiger partial charge in [0.1, 0.15) is 0 Å². The molecular weight excluding hydrogens is 382 g/mol. The highest BCUT2D eigenvalue weighted by Gasteiger charge is 2.26. The second-order valence-corrected chi connectivity index (χ2v) is 8.56. The number of aliphatic imine (C=N–C) groups is 1. The van der Waals surface area contributed by atoms with Gasteiger partial charge in [0.25, 0.3) is 11.6 Å². The number of thiophene rings is 1. The molecule has 1 aromatic carbocycles. The fraction of sp³-hybridized carbons (Fsp3) is 0.263. The first-order valence-electron chi connectivity index (χ1n) is 8.72. The normalized spacial score (nSPS) is 20.5. The van der Waals surface area contributed by atoms with Crippen molar-refractivity contribution in [3.05, 3.63) is 56.3 Å². The van der Waals surface area contributed by atoms with Gasteiger partial charge in [0.2, 0.25) is 0 Å². The average Bonchev–Trinajstić information content (AvgIpc) is 3.39. The number of nitro benzene ring substituents is 1. The van der Waals surface area contributed by atoms with Crippen molar-refractivity contribution in [2.45, 2.75) is 31.7 Å². The van der Waals surface area contributed by atoms with E-state index in [0.29, 0.717) is 21.7 Å². The van der Waals surface area contributed by atoms with Crippen molar-refractivity contribution in [2.75, 3.05) is 0 Å². The van der Waals surface area contributed by atoms with Crippen LogP contribution in [0.1, 0.15) is 30.6 Å². The van der Waals surface area contributed by atoms with Gasteiger partial charge in [-0.05, 0) is 48.9 Å². The highest BCUT2D eigenvalue weighted by molar-refractivity contribution is 8.18. The molecule has 6 nitrogen and oxygen atoms in total. The molecule has 0 atom stereocenters. The van der Waals surface area contributed by atoms with Crippen LogP contribution in [0.4, 0.5) is 5.69 Å². The lowest BCUT2D eigenvalue weighted by molar-refractivity contribution is -0.384. The van der Waals surface area contributed by atoms with Crippen LogP contribution in [0.5, 0.6) is 0 Å². The first kappa shape index (κ1) is 17.9. The number of hydrogen-bond donors (Lipinski definition) is 1. The van der Waals surface area contributed by atoms with Crippen LogP contribution < -0.4 is 5.32 Å². The molecule has 2 aliphatic rings. The number of nitrogens with zero attached hydrogens (tertiary/aromatic N) is 2. The summed E-state index contributed by atoms with van der Waals surface area (Å²) in [6.45, 7) is 0. The van der Waals surface area contributed by atoms with Crippen LogP contribution in [-0.4, -0.2) is 22.0 Å². The number of para-hydroxylation sites is 1. The highest BCUT2D eigenvalue weighted by atomic mass is 32.2. The Hall–Kier alpha value is -2.45. The van der Waals surface area contributed by atoms with E-state index in [4.69, 9.17) is 0 Å². The Balaban J connectivity index is 1.56. The summed E-state index contributed by atoms with van der Waals surface area (Å²) in [5, 5.41) is 14.7. The van der Waals surface area contributed by atoms with Gasteiger partial charge in [-0.3, -0.25) is 19.9 Å². The zero-order chi connectivity index (χ0) is 18.8. The maximum Gasteiger partial charge on any atom is 0.278 e. The third-order valence-electron chi connectivity index (χ3n) is 4.54. The molecule has 2 aromatic rings. The van der Waals surface area contributed by atoms with Crippen molar-refractivity contribution in [3.63, 3.8) is 0 Å². The SMILES string of the molecule is O=C1NC(=NC2CCCC2)S/C1=C\c1ccc(-c2ccccc2[N+](=O)[O-])s1. The minimum absolute atomic E-state index is 0.0810. The van der Waals surface area contributed by atoms with Gasteiger partial charge >= 0.3 is 0 Å².